The molecule has 1 amide bonds. The van der Waals surface area contributed by atoms with Crippen LogP contribution in [0.4, 0.5) is 5.82 Å². The number of rotatable bonds is 8. The summed E-state index contributed by atoms with van der Waals surface area (Å²) in [6, 6.07) is 12.2. The summed E-state index contributed by atoms with van der Waals surface area (Å²) in [5.41, 5.74) is 3.50. The number of carbonyl (C=O) groups is 1. The van der Waals surface area contributed by atoms with Gasteiger partial charge in [0.2, 0.25) is 5.91 Å². The van der Waals surface area contributed by atoms with Gasteiger partial charge in [-0.25, -0.2) is 4.98 Å². The number of nitriles is 1. The Morgan fingerprint density at radius 2 is 2.26 bits per heavy atom. The number of anilines is 1. The third-order valence-electron chi connectivity index (χ3n) is 6.63. The largest absolute Gasteiger partial charge is 0.497 e. The second-order valence-corrected chi connectivity index (χ2v) is 9.98. The topological polar surface area (TPSA) is 103 Å². The number of hydrogen-bond donors (Lipinski definition) is 2. The van der Waals surface area contributed by atoms with Gasteiger partial charge in [-0.1, -0.05) is 0 Å². The van der Waals surface area contributed by atoms with Gasteiger partial charge in [0.25, 0.3) is 0 Å². The number of thioether (sulfide) groups is 1. The van der Waals surface area contributed by atoms with Crippen molar-refractivity contribution < 1.29 is 9.53 Å². The van der Waals surface area contributed by atoms with E-state index in [1.807, 2.05) is 30.3 Å². The molecule has 2 N–H and O–H groups in total. The molecule has 1 aromatic carbocycles. The average Bonchev–Trinajstić information content (AvgIpc) is 3.34. The molecule has 35 heavy (non-hydrogen) atoms. The van der Waals surface area contributed by atoms with E-state index in [0.29, 0.717) is 29.6 Å². The minimum Gasteiger partial charge on any atom is -0.497 e. The van der Waals surface area contributed by atoms with Gasteiger partial charge in [0.05, 0.1) is 34.5 Å². The highest BCUT2D eigenvalue weighted by molar-refractivity contribution is 8.00. The molecule has 8 nitrogen and oxygen atoms in total. The Bertz CT molecular complexity index is 1290. The number of aromatic nitrogens is 2. The number of benzene rings is 1. The Kier molecular flexibility index (Phi) is 7.13. The fourth-order valence-corrected chi connectivity index (χ4v) is 5.54. The van der Waals surface area contributed by atoms with Crippen LogP contribution in [-0.4, -0.2) is 59.8 Å². The second kappa shape index (κ2) is 10.6. The fraction of sp³-hybridized carbons (Fsp3) is 0.385. The number of fused-ring (bicyclic) bond motifs is 2. The van der Waals surface area contributed by atoms with Crippen LogP contribution in [-0.2, 0) is 17.8 Å². The van der Waals surface area contributed by atoms with Gasteiger partial charge in [0, 0.05) is 31.2 Å². The Morgan fingerprint density at radius 3 is 3.11 bits per heavy atom. The van der Waals surface area contributed by atoms with Crippen molar-refractivity contribution in [1.82, 2.24) is 20.2 Å². The summed E-state index contributed by atoms with van der Waals surface area (Å²) < 4.78 is 5.39. The molecule has 9 heteroatoms. The zero-order valence-electron chi connectivity index (χ0n) is 19.7. The van der Waals surface area contributed by atoms with Crippen molar-refractivity contribution in [1.29, 1.82) is 5.26 Å². The zero-order valence-corrected chi connectivity index (χ0v) is 20.5. The summed E-state index contributed by atoms with van der Waals surface area (Å²) in [6.07, 6.45) is 3.63. The molecule has 2 aliphatic rings. The van der Waals surface area contributed by atoms with Crippen molar-refractivity contribution in [3.63, 3.8) is 0 Å². The summed E-state index contributed by atoms with van der Waals surface area (Å²) in [5, 5.41) is 17.0. The highest BCUT2D eigenvalue weighted by atomic mass is 32.2. The van der Waals surface area contributed by atoms with Crippen LogP contribution in [0.15, 0.2) is 41.4 Å². The van der Waals surface area contributed by atoms with Crippen LogP contribution in [0.2, 0.25) is 0 Å². The number of methoxy groups -OCH3 is 1. The van der Waals surface area contributed by atoms with Gasteiger partial charge in [-0.3, -0.25) is 9.78 Å². The molecular formula is C26H28N6O2S. The molecule has 0 saturated carbocycles. The molecule has 5 rings (SSSR count). The van der Waals surface area contributed by atoms with Crippen LogP contribution in [0.3, 0.4) is 0 Å². The lowest BCUT2D eigenvalue weighted by molar-refractivity contribution is -0.113. The maximum absolute atomic E-state index is 11.6. The molecule has 3 aromatic rings. The first kappa shape index (κ1) is 23.5. The molecule has 1 saturated heterocycles. The van der Waals surface area contributed by atoms with E-state index in [1.165, 1.54) is 11.8 Å². The van der Waals surface area contributed by atoms with Crippen molar-refractivity contribution in [3.05, 3.63) is 53.3 Å². The number of nitrogens with zero attached hydrogens (tertiary/aromatic N) is 4. The lowest BCUT2D eigenvalue weighted by Gasteiger charge is -2.18. The number of ether oxygens (including phenoxy) is 1. The summed E-state index contributed by atoms with van der Waals surface area (Å²) >= 11 is 1.53. The highest BCUT2D eigenvalue weighted by Crippen LogP contribution is 2.30. The number of amides is 1. The lowest BCUT2D eigenvalue weighted by Crippen LogP contribution is -2.28. The molecular weight excluding hydrogens is 460 g/mol. The van der Waals surface area contributed by atoms with Gasteiger partial charge in [-0.2, -0.15) is 5.26 Å². The van der Waals surface area contributed by atoms with E-state index in [0.717, 1.165) is 71.8 Å². The molecule has 1 atom stereocenters. The quantitative estimate of drug-likeness (QED) is 0.498. The van der Waals surface area contributed by atoms with E-state index in [9.17, 15) is 10.1 Å². The lowest BCUT2D eigenvalue weighted by atomic mass is 10.0. The molecule has 2 aliphatic heterocycles. The van der Waals surface area contributed by atoms with Crippen molar-refractivity contribution in [3.8, 4) is 11.8 Å². The summed E-state index contributed by atoms with van der Waals surface area (Å²) in [6.45, 7) is 4.60. The van der Waals surface area contributed by atoms with Gasteiger partial charge < -0.3 is 20.3 Å². The molecule has 4 heterocycles. The normalized spacial score (nSPS) is 17.7. The molecule has 0 spiro atoms. The molecule has 0 radical (unpaired) electrons. The van der Waals surface area contributed by atoms with E-state index >= 15 is 0 Å². The van der Waals surface area contributed by atoms with E-state index in [-0.39, 0.29) is 5.91 Å². The monoisotopic (exact) mass is 488 g/mol. The first-order valence-corrected chi connectivity index (χ1v) is 12.8. The number of hydrogen-bond acceptors (Lipinski definition) is 8. The van der Waals surface area contributed by atoms with E-state index in [2.05, 4.69) is 31.6 Å². The van der Waals surface area contributed by atoms with Crippen LogP contribution >= 0.6 is 11.8 Å². The molecule has 0 bridgehead atoms. The number of carbonyl (C=O) groups excluding carboxylic acids is 1. The SMILES string of the molecule is COc1ccc2ncc(C#N)c(CCN3CC[C@@H](CNCc4ccc5c(n4)NC(=O)CS5)C3)c2c1. The fourth-order valence-electron chi connectivity index (χ4n) is 4.78. The van der Waals surface area contributed by atoms with Crippen molar-refractivity contribution in [2.24, 2.45) is 5.92 Å². The summed E-state index contributed by atoms with van der Waals surface area (Å²) in [7, 11) is 1.65. The molecule has 1 fully saturated rings. The molecule has 180 valence electrons. The van der Waals surface area contributed by atoms with Crippen LogP contribution in [0.1, 0.15) is 23.2 Å². The van der Waals surface area contributed by atoms with Crippen LogP contribution < -0.4 is 15.4 Å². The van der Waals surface area contributed by atoms with E-state index in [1.54, 1.807) is 13.3 Å². The summed E-state index contributed by atoms with van der Waals surface area (Å²) in [5.74, 6) is 2.49. The van der Waals surface area contributed by atoms with Gasteiger partial charge >= 0.3 is 0 Å². The molecule has 2 aromatic heterocycles. The van der Waals surface area contributed by atoms with E-state index in [4.69, 9.17) is 4.74 Å². The highest BCUT2D eigenvalue weighted by Gasteiger charge is 2.23. The summed E-state index contributed by atoms with van der Waals surface area (Å²) in [4.78, 5) is 24.1. The number of pyridine rings is 2. The van der Waals surface area contributed by atoms with Crippen molar-refractivity contribution in [2.75, 3.05) is 44.4 Å². The maximum atomic E-state index is 11.6. The minimum atomic E-state index is 0.00643. The van der Waals surface area contributed by atoms with Crippen LogP contribution in [0.5, 0.6) is 5.75 Å². The number of likely N-dealkylation sites (tertiary alicyclic amines) is 1. The second-order valence-electron chi connectivity index (χ2n) is 8.97. The third kappa shape index (κ3) is 5.40. The van der Waals surface area contributed by atoms with E-state index < -0.39 is 0 Å². The maximum Gasteiger partial charge on any atom is 0.235 e. The number of nitrogens with one attached hydrogen (secondary N) is 2. The Hall–Kier alpha value is -3.19. The first-order valence-electron chi connectivity index (χ1n) is 11.8. The molecule has 0 unspecified atom stereocenters. The molecule has 0 aliphatic carbocycles. The van der Waals surface area contributed by atoms with Gasteiger partial charge in [-0.05, 0) is 67.7 Å². The Labute approximate surface area is 209 Å². The zero-order chi connectivity index (χ0) is 24.2. The van der Waals surface area contributed by atoms with Gasteiger partial charge in [0.1, 0.15) is 17.6 Å². The Morgan fingerprint density at radius 1 is 1.34 bits per heavy atom. The van der Waals surface area contributed by atoms with Crippen LogP contribution in [0.25, 0.3) is 10.9 Å². The smallest absolute Gasteiger partial charge is 0.235 e. The van der Waals surface area contributed by atoms with Crippen molar-refractivity contribution >= 4 is 34.4 Å². The third-order valence-corrected chi connectivity index (χ3v) is 7.67. The minimum absolute atomic E-state index is 0.00643. The predicted molar refractivity (Wildman–Crippen MR) is 137 cm³/mol. The van der Waals surface area contributed by atoms with Crippen LogP contribution in [0, 0.1) is 17.2 Å². The van der Waals surface area contributed by atoms with Gasteiger partial charge in [0.15, 0.2) is 0 Å². The standard InChI is InChI=1S/C26H28N6O2S/c1-34-20-3-4-23-22(10-20)21(18(11-27)13-29-23)7-9-32-8-6-17(15-32)12-28-14-19-2-5-24-26(30-19)31-25(33)16-35-24/h2-5,10,13,17,28H,6-9,12,14-16H2,1H3,(H,30,31,33)/t17-/m0/s1. The van der Waals surface area contributed by atoms with Crippen molar-refractivity contribution in [2.45, 2.75) is 24.3 Å². The van der Waals surface area contributed by atoms with Gasteiger partial charge in [-0.15, -0.1) is 11.8 Å². The average molecular weight is 489 g/mol. The Balaban J connectivity index is 1.14. The first-order chi connectivity index (χ1) is 17.1. The predicted octanol–water partition coefficient (Wildman–Crippen LogP) is 3.21.